The molecule has 0 fully saturated rings. The van der Waals surface area contributed by atoms with E-state index in [9.17, 15) is 0 Å². The summed E-state index contributed by atoms with van der Waals surface area (Å²) in [6, 6.07) is 16.1. The van der Waals surface area contributed by atoms with Crippen LogP contribution in [0.4, 0.5) is 0 Å². The van der Waals surface area contributed by atoms with E-state index in [4.69, 9.17) is 11.6 Å². The molecule has 3 heterocycles. The molecule has 0 spiro atoms. The minimum Gasteiger partial charge on any atom is -0.240 e. The zero-order valence-corrected chi connectivity index (χ0v) is 17.1. The third kappa shape index (κ3) is 3.99. The second-order valence-corrected chi connectivity index (χ2v) is 8.97. The van der Waals surface area contributed by atoms with Crippen molar-refractivity contribution in [2.45, 2.75) is 17.7 Å². The Labute approximate surface area is 169 Å². The van der Waals surface area contributed by atoms with Crippen molar-refractivity contribution in [1.29, 1.82) is 0 Å². The first kappa shape index (κ1) is 17.7. The fourth-order valence-corrected chi connectivity index (χ4v) is 5.24. The number of thiazole rings is 1. The van der Waals surface area contributed by atoms with Gasteiger partial charge < -0.3 is 0 Å². The van der Waals surface area contributed by atoms with Crippen LogP contribution in [-0.2, 0) is 5.75 Å². The topological polar surface area (TPSA) is 38.7 Å². The van der Waals surface area contributed by atoms with Crippen LogP contribution >= 0.6 is 46.0 Å². The minimum atomic E-state index is 0.756. The Balaban J connectivity index is 1.49. The summed E-state index contributed by atoms with van der Waals surface area (Å²) in [4.78, 5) is 6.94. The average molecular weight is 416 g/mol. The lowest BCUT2D eigenvalue weighted by Crippen LogP contribution is -1.90. The van der Waals surface area contributed by atoms with Crippen molar-refractivity contribution in [2.75, 3.05) is 0 Å². The van der Waals surface area contributed by atoms with Crippen LogP contribution in [0.25, 0.3) is 20.5 Å². The molecule has 3 nitrogen and oxygen atoms in total. The highest BCUT2D eigenvalue weighted by Gasteiger charge is 2.13. The van der Waals surface area contributed by atoms with Crippen LogP contribution in [-0.4, -0.2) is 15.2 Å². The van der Waals surface area contributed by atoms with Crippen LogP contribution < -0.4 is 0 Å². The summed E-state index contributed by atoms with van der Waals surface area (Å²) >= 11 is 11.0. The SMILES string of the molecule is Cc1nc(-c2cccs2)sc1-c1ccc(SCc2cccc(Cl)c2)nn1. The third-order valence-electron chi connectivity index (χ3n) is 3.68. The summed E-state index contributed by atoms with van der Waals surface area (Å²) in [5.41, 5.74) is 3.04. The fourth-order valence-electron chi connectivity index (χ4n) is 2.44. The third-order valence-corrected chi connectivity index (χ3v) is 7.12. The van der Waals surface area contributed by atoms with E-state index in [0.29, 0.717) is 0 Å². The van der Waals surface area contributed by atoms with Gasteiger partial charge in [0.15, 0.2) is 0 Å². The molecule has 4 rings (SSSR count). The fraction of sp³-hybridized carbons (Fsp3) is 0.105. The molecule has 0 N–H and O–H groups in total. The van der Waals surface area contributed by atoms with Crippen molar-refractivity contribution in [3.63, 3.8) is 0 Å². The molecule has 0 amide bonds. The molecule has 130 valence electrons. The molecule has 0 aliphatic heterocycles. The van der Waals surface area contributed by atoms with Gasteiger partial charge in [0.1, 0.15) is 15.7 Å². The van der Waals surface area contributed by atoms with Crippen molar-refractivity contribution in [1.82, 2.24) is 15.2 Å². The lowest BCUT2D eigenvalue weighted by Gasteiger charge is -2.02. The van der Waals surface area contributed by atoms with Gasteiger partial charge in [-0.25, -0.2) is 4.98 Å². The molecule has 0 atom stereocenters. The molecule has 0 saturated heterocycles. The summed E-state index contributed by atoms with van der Waals surface area (Å²) in [6.45, 7) is 2.02. The van der Waals surface area contributed by atoms with E-state index in [-0.39, 0.29) is 0 Å². The lowest BCUT2D eigenvalue weighted by molar-refractivity contribution is 0.936. The van der Waals surface area contributed by atoms with Crippen LogP contribution in [0.3, 0.4) is 0 Å². The molecule has 3 aromatic heterocycles. The zero-order valence-electron chi connectivity index (χ0n) is 13.8. The summed E-state index contributed by atoms with van der Waals surface area (Å²) in [7, 11) is 0. The first-order chi connectivity index (χ1) is 12.7. The molecule has 0 radical (unpaired) electrons. The summed E-state index contributed by atoms with van der Waals surface area (Å²) in [5.74, 6) is 0.816. The maximum absolute atomic E-state index is 6.03. The van der Waals surface area contributed by atoms with Crippen molar-refractivity contribution in [2.24, 2.45) is 0 Å². The van der Waals surface area contributed by atoms with Gasteiger partial charge in [-0.05, 0) is 48.2 Å². The molecule has 0 saturated carbocycles. The molecule has 1 aromatic carbocycles. The van der Waals surface area contributed by atoms with E-state index in [0.717, 1.165) is 37.1 Å². The second kappa shape index (κ2) is 7.88. The average Bonchev–Trinajstić information content (AvgIpc) is 3.30. The van der Waals surface area contributed by atoms with Gasteiger partial charge in [-0.3, -0.25) is 0 Å². The molecular formula is C19H14ClN3S3. The Morgan fingerprint density at radius 3 is 2.73 bits per heavy atom. The smallest absolute Gasteiger partial charge is 0.134 e. The first-order valence-corrected chi connectivity index (χ1v) is 11.0. The van der Waals surface area contributed by atoms with Crippen LogP contribution in [0.1, 0.15) is 11.3 Å². The van der Waals surface area contributed by atoms with Crippen LogP contribution in [0, 0.1) is 6.92 Å². The van der Waals surface area contributed by atoms with Gasteiger partial charge in [0.05, 0.1) is 15.4 Å². The van der Waals surface area contributed by atoms with Gasteiger partial charge in [0, 0.05) is 10.8 Å². The highest BCUT2D eigenvalue weighted by Crippen LogP contribution is 2.36. The number of rotatable bonds is 5. The monoisotopic (exact) mass is 415 g/mol. The normalized spacial score (nSPS) is 11.0. The lowest BCUT2D eigenvalue weighted by atomic mass is 10.2. The van der Waals surface area contributed by atoms with Gasteiger partial charge in [-0.1, -0.05) is 41.6 Å². The standard InChI is InChI=1S/C19H14ClN3S3/c1-12-18(26-19(21-12)16-6-3-9-24-16)15-7-8-17(23-22-15)25-11-13-4-2-5-14(20)10-13/h2-10H,11H2,1H3. The van der Waals surface area contributed by atoms with Crippen molar-refractivity contribution in [3.05, 3.63) is 70.2 Å². The molecule has 7 heteroatoms. The van der Waals surface area contributed by atoms with Gasteiger partial charge in [0.2, 0.25) is 0 Å². The highest BCUT2D eigenvalue weighted by molar-refractivity contribution is 7.98. The van der Waals surface area contributed by atoms with Gasteiger partial charge in [-0.15, -0.1) is 32.9 Å². The Hall–Kier alpha value is -1.73. The van der Waals surface area contributed by atoms with E-state index in [1.807, 2.05) is 43.3 Å². The number of halogens is 1. The molecule has 0 unspecified atom stereocenters. The largest absolute Gasteiger partial charge is 0.240 e. The quantitative estimate of drug-likeness (QED) is 0.345. The van der Waals surface area contributed by atoms with E-state index in [1.54, 1.807) is 34.4 Å². The van der Waals surface area contributed by atoms with Crippen molar-refractivity contribution in [3.8, 4) is 20.5 Å². The zero-order chi connectivity index (χ0) is 17.9. The number of hydrogen-bond donors (Lipinski definition) is 0. The van der Waals surface area contributed by atoms with Crippen LogP contribution in [0.2, 0.25) is 5.02 Å². The Morgan fingerprint density at radius 2 is 2.00 bits per heavy atom. The number of aromatic nitrogens is 3. The predicted molar refractivity (Wildman–Crippen MR) is 112 cm³/mol. The molecule has 4 aromatic rings. The number of thiophene rings is 1. The van der Waals surface area contributed by atoms with Crippen LogP contribution in [0.5, 0.6) is 0 Å². The molecule has 0 bridgehead atoms. The summed E-state index contributed by atoms with van der Waals surface area (Å²) < 4.78 is 0. The number of thioether (sulfide) groups is 1. The number of benzene rings is 1. The molecular weight excluding hydrogens is 402 g/mol. The highest BCUT2D eigenvalue weighted by atomic mass is 35.5. The number of hydrogen-bond acceptors (Lipinski definition) is 6. The van der Waals surface area contributed by atoms with E-state index in [1.165, 1.54) is 10.4 Å². The Morgan fingerprint density at radius 1 is 1.08 bits per heavy atom. The minimum absolute atomic E-state index is 0.756. The summed E-state index contributed by atoms with van der Waals surface area (Å²) in [6.07, 6.45) is 0. The van der Waals surface area contributed by atoms with E-state index < -0.39 is 0 Å². The Kier molecular flexibility index (Phi) is 5.36. The van der Waals surface area contributed by atoms with Gasteiger partial charge in [0.25, 0.3) is 0 Å². The Bertz CT molecular complexity index is 1010. The van der Waals surface area contributed by atoms with Crippen molar-refractivity contribution >= 4 is 46.0 Å². The molecule has 26 heavy (non-hydrogen) atoms. The van der Waals surface area contributed by atoms with Crippen molar-refractivity contribution < 1.29 is 0 Å². The van der Waals surface area contributed by atoms with E-state index >= 15 is 0 Å². The second-order valence-electron chi connectivity index (χ2n) is 5.59. The summed E-state index contributed by atoms with van der Waals surface area (Å²) in [5, 5.41) is 13.5. The molecule has 0 aliphatic carbocycles. The van der Waals surface area contributed by atoms with E-state index in [2.05, 4.69) is 32.7 Å². The first-order valence-electron chi connectivity index (χ1n) is 7.92. The predicted octanol–water partition coefficient (Wildman–Crippen LogP) is 6.58. The van der Waals surface area contributed by atoms with Crippen LogP contribution in [0.15, 0.2) is 58.9 Å². The number of nitrogens with zero attached hydrogens (tertiary/aromatic N) is 3. The molecule has 0 aliphatic rings. The maximum atomic E-state index is 6.03. The van der Waals surface area contributed by atoms with Gasteiger partial charge in [-0.2, -0.15) is 0 Å². The van der Waals surface area contributed by atoms with Gasteiger partial charge >= 0.3 is 0 Å². The number of aryl methyl sites for hydroxylation is 1. The maximum Gasteiger partial charge on any atom is 0.134 e.